The molecule has 1 aliphatic carbocycles. The van der Waals surface area contributed by atoms with Gasteiger partial charge in [0.2, 0.25) is 5.95 Å². The molecule has 6 heteroatoms. The van der Waals surface area contributed by atoms with Crippen molar-refractivity contribution in [2.75, 3.05) is 12.4 Å². The summed E-state index contributed by atoms with van der Waals surface area (Å²) in [7, 11) is 1.80. The summed E-state index contributed by atoms with van der Waals surface area (Å²) in [6, 6.07) is 4.08. The number of aromatic nitrogens is 4. The van der Waals surface area contributed by atoms with Crippen molar-refractivity contribution in [3.05, 3.63) is 48.1 Å². The van der Waals surface area contributed by atoms with E-state index >= 15 is 0 Å². The number of fused-ring (bicyclic) bond motifs is 1. The summed E-state index contributed by atoms with van der Waals surface area (Å²) >= 11 is 0. The van der Waals surface area contributed by atoms with Gasteiger partial charge in [-0.05, 0) is 36.1 Å². The summed E-state index contributed by atoms with van der Waals surface area (Å²) in [5, 5.41) is 7.29. The Labute approximate surface area is 127 Å². The number of rotatable bonds is 3. The van der Waals surface area contributed by atoms with Crippen LogP contribution in [0, 0.1) is 0 Å². The molecule has 1 aliphatic rings. The fraction of sp³-hybridized carbons (Fsp3) is 0.188. The van der Waals surface area contributed by atoms with Gasteiger partial charge in [0.1, 0.15) is 0 Å². The minimum atomic E-state index is 0.609. The Hall–Kier alpha value is -2.89. The van der Waals surface area contributed by atoms with Gasteiger partial charge in [-0.15, -0.1) is 0 Å². The van der Waals surface area contributed by atoms with Crippen molar-refractivity contribution >= 4 is 17.2 Å². The van der Waals surface area contributed by atoms with E-state index in [-0.39, 0.29) is 0 Å². The first-order valence-electron chi connectivity index (χ1n) is 7.21. The summed E-state index contributed by atoms with van der Waals surface area (Å²) in [5.74, 6) is 0.609. The second-order valence-corrected chi connectivity index (χ2v) is 5.37. The molecule has 3 N–H and O–H groups in total. The predicted molar refractivity (Wildman–Crippen MR) is 86.1 cm³/mol. The van der Waals surface area contributed by atoms with Gasteiger partial charge in [-0.25, -0.2) is 14.5 Å². The molecule has 0 unspecified atom stereocenters. The highest BCUT2D eigenvalue weighted by Crippen LogP contribution is 2.35. The lowest BCUT2D eigenvalue weighted by Gasteiger charge is -2.05. The standard InChI is InChI=1S/C16H16N6/c1-18-16-19-7-12(8-20-16)11-4-5-22-14(6-11)13(9-21-22)15(17)10-2-3-10/h4-9H,2-3,17H2,1H3,(H,18,19,20). The van der Waals surface area contributed by atoms with Gasteiger partial charge in [0.15, 0.2) is 0 Å². The average molecular weight is 292 g/mol. The van der Waals surface area contributed by atoms with Crippen LogP contribution < -0.4 is 11.1 Å². The zero-order valence-corrected chi connectivity index (χ0v) is 12.2. The van der Waals surface area contributed by atoms with E-state index in [1.165, 1.54) is 5.57 Å². The van der Waals surface area contributed by atoms with Gasteiger partial charge in [0, 0.05) is 42.5 Å². The average Bonchev–Trinajstić information content (AvgIpc) is 3.33. The van der Waals surface area contributed by atoms with Crippen molar-refractivity contribution in [2.45, 2.75) is 12.8 Å². The predicted octanol–water partition coefficient (Wildman–Crippen LogP) is 2.30. The van der Waals surface area contributed by atoms with E-state index in [9.17, 15) is 0 Å². The van der Waals surface area contributed by atoms with E-state index < -0.39 is 0 Å². The molecule has 110 valence electrons. The molecular weight excluding hydrogens is 276 g/mol. The third kappa shape index (κ3) is 2.09. The van der Waals surface area contributed by atoms with E-state index in [1.54, 1.807) is 7.05 Å². The van der Waals surface area contributed by atoms with E-state index in [0.29, 0.717) is 5.95 Å². The first-order chi connectivity index (χ1) is 10.8. The van der Waals surface area contributed by atoms with Crippen LogP contribution in [0.5, 0.6) is 0 Å². The summed E-state index contributed by atoms with van der Waals surface area (Å²) in [6.07, 6.45) is 9.59. The molecule has 4 rings (SSSR count). The summed E-state index contributed by atoms with van der Waals surface area (Å²) in [4.78, 5) is 8.52. The van der Waals surface area contributed by atoms with Crippen molar-refractivity contribution in [2.24, 2.45) is 5.73 Å². The summed E-state index contributed by atoms with van der Waals surface area (Å²) < 4.78 is 1.84. The van der Waals surface area contributed by atoms with Crippen LogP contribution in [0.15, 0.2) is 42.5 Å². The van der Waals surface area contributed by atoms with Crippen LogP contribution in [0.25, 0.3) is 22.3 Å². The second-order valence-electron chi connectivity index (χ2n) is 5.37. The first-order valence-corrected chi connectivity index (χ1v) is 7.21. The highest BCUT2D eigenvalue weighted by atomic mass is 15.2. The van der Waals surface area contributed by atoms with Gasteiger partial charge in [-0.2, -0.15) is 5.10 Å². The number of nitrogens with one attached hydrogen (secondary N) is 1. The number of hydrogen-bond acceptors (Lipinski definition) is 5. The van der Waals surface area contributed by atoms with Crippen LogP contribution in [0.1, 0.15) is 18.4 Å². The Morgan fingerprint density at radius 2 is 1.95 bits per heavy atom. The van der Waals surface area contributed by atoms with Gasteiger partial charge in [-0.3, -0.25) is 0 Å². The highest BCUT2D eigenvalue weighted by molar-refractivity contribution is 5.82. The van der Waals surface area contributed by atoms with Gasteiger partial charge in [-0.1, -0.05) is 0 Å². The highest BCUT2D eigenvalue weighted by Gasteiger charge is 2.19. The molecule has 0 amide bonds. The lowest BCUT2D eigenvalue weighted by Crippen LogP contribution is -1.97. The lowest BCUT2D eigenvalue weighted by atomic mass is 10.1. The van der Waals surface area contributed by atoms with Crippen LogP contribution in [0.3, 0.4) is 0 Å². The van der Waals surface area contributed by atoms with Gasteiger partial charge in [0.05, 0.1) is 11.7 Å². The Bertz CT molecular complexity index is 869. The molecule has 1 saturated carbocycles. The monoisotopic (exact) mass is 292 g/mol. The van der Waals surface area contributed by atoms with E-state index in [1.807, 2.05) is 35.4 Å². The zero-order valence-electron chi connectivity index (χ0n) is 12.2. The maximum atomic E-state index is 6.23. The van der Waals surface area contributed by atoms with Crippen LogP contribution in [-0.2, 0) is 0 Å². The molecule has 3 aromatic heterocycles. The van der Waals surface area contributed by atoms with Gasteiger partial charge in [0.25, 0.3) is 0 Å². The smallest absolute Gasteiger partial charge is 0.222 e. The minimum absolute atomic E-state index is 0.609. The molecule has 22 heavy (non-hydrogen) atoms. The maximum absolute atomic E-state index is 6.23. The third-order valence-electron chi connectivity index (χ3n) is 3.90. The van der Waals surface area contributed by atoms with Crippen LogP contribution in [-0.4, -0.2) is 26.6 Å². The van der Waals surface area contributed by atoms with Crippen molar-refractivity contribution in [1.29, 1.82) is 0 Å². The minimum Gasteiger partial charge on any atom is -0.398 e. The molecule has 0 aliphatic heterocycles. The number of anilines is 1. The Morgan fingerprint density at radius 1 is 1.18 bits per heavy atom. The van der Waals surface area contributed by atoms with Crippen LogP contribution in [0.4, 0.5) is 5.95 Å². The molecule has 0 spiro atoms. The molecule has 0 atom stereocenters. The van der Waals surface area contributed by atoms with Crippen molar-refractivity contribution in [3.8, 4) is 11.1 Å². The molecule has 3 aromatic rings. The fourth-order valence-corrected chi connectivity index (χ4v) is 2.50. The number of allylic oxidation sites excluding steroid dienone is 1. The quantitative estimate of drug-likeness (QED) is 0.774. The molecule has 1 fully saturated rings. The molecule has 0 saturated heterocycles. The van der Waals surface area contributed by atoms with Gasteiger partial charge < -0.3 is 11.1 Å². The number of nitrogens with two attached hydrogens (primary N) is 1. The van der Waals surface area contributed by atoms with Crippen LogP contribution in [0.2, 0.25) is 0 Å². The Kier molecular flexibility index (Phi) is 2.82. The number of pyridine rings is 1. The maximum Gasteiger partial charge on any atom is 0.222 e. The van der Waals surface area contributed by atoms with Gasteiger partial charge >= 0.3 is 0 Å². The topological polar surface area (TPSA) is 81.1 Å². The Morgan fingerprint density at radius 3 is 2.64 bits per heavy atom. The van der Waals surface area contributed by atoms with Crippen molar-refractivity contribution < 1.29 is 0 Å². The molecule has 0 radical (unpaired) electrons. The second kappa shape index (κ2) is 4.84. The van der Waals surface area contributed by atoms with Crippen LogP contribution >= 0.6 is 0 Å². The zero-order chi connectivity index (χ0) is 15.1. The third-order valence-corrected chi connectivity index (χ3v) is 3.90. The largest absolute Gasteiger partial charge is 0.398 e. The molecule has 0 bridgehead atoms. The normalized spacial score (nSPS) is 13.4. The fourth-order valence-electron chi connectivity index (χ4n) is 2.50. The summed E-state index contributed by atoms with van der Waals surface area (Å²) in [5.41, 5.74) is 12.4. The lowest BCUT2D eigenvalue weighted by molar-refractivity contribution is 0.961. The molecular formula is C16H16N6. The van der Waals surface area contributed by atoms with Crippen molar-refractivity contribution in [3.63, 3.8) is 0 Å². The number of hydrogen-bond donors (Lipinski definition) is 2. The molecule has 0 aromatic carbocycles. The molecule has 6 nitrogen and oxygen atoms in total. The molecule has 3 heterocycles. The first kappa shape index (κ1) is 12.8. The SMILES string of the molecule is CNc1ncc(-c2ccn3ncc(C(N)=C4CC4)c3c2)cn1. The van der Waals surface area contributed by atoms with E-state index in [2.05, 4.69) is 26.4 Å². The Balaban J connectivity index is 1.82. The summed E-state index contributed by atoms with van der Waals surface area (Å²) in [6.45, 7) is 0. The van der Waals surface area contributed by atoms with E-state index in [4.69, 9.17) is 5.73 Å². The van der Waals surface area contributed by atoms with Crippen molar-refractivity contribution in [1.82, 2.24) is 19.6 Å². The number of nitrogens with zero attached hydrogens (tertiary/aromatic N) is 4. The van der Waals surface area contributed by atoms with E-state index in [0.717, 1.165) is 40.7 Å².